The molecule has 0 saturated heterocycles. The van der Waals surface area contributed by atoms with Crippen molar-refractivity contribution in [1.29, 1.82) is 0 Å². The number of aromatic nitrogens is 4. The van der Waals surface area contributed by atoms with Crippen molar-refractivity contribution in [3.63, 3.8) is 0 Å². The van der Waals surface area contributed by atoms with Crippen LogP contribution in [-0.2, 0) is 6.42 Å². The van der Waals surface area contributed by atoms with Gasteiger partial charge in [-0.1, -0.05) is 25.2 Å². The minimum atomic E-state index is -1.03. The van der Waals surface area contributed by atoms with E-state index in [9.17, 15) is 4.79 Å². The fourth-order valence-electron chi connectivity index (χ4n) is 1.24. The number of hydrogen-bond donors (Lipinski definition) is 1. The Balaban J connectivity index is 2.44. The van der Waals surface area contributed by atoms with Gasteiger partial charge in [-0.2, -0.15) is 4.52 Å². The van der Waals surface area contributed by atoms with Crippen molar-refractivity contribution in [2.75, 3.05) is 0 Å². The highest BCUT2D eigenvalue weighted by molar-refractivity contribution is 7.18. The van der Waals surface area contributed by atoms with Gasteiger partial charge in [-0.25, -0.2) is 4.79 Å². The van der Waals surface area contributed by atoms with E-state index in [1.54, 1.807) is 0 Å². The minimum Gasteiger partial charge on any atom is -0.476 e. The summed E-state index contributed by atoms with van der Waals surface area (Å²) in [6.07, 6.45) is 0.740. The molecule has 0 aromatic carbocycles. The summed E-state index contributed by atoms with van der Waals surface area (Å²) in [5.41, 5.74) is 0. The van der Waals surface area contributed by atoms with E-state index in [0.717, 1.165) is 17.8 Å². The summed E-state index contributed by atoms with van der Waals surface area (Å²) in [6, 6.07) is 0. The Labute approximate surface area is 89.6 Å². The van der Waals surface area contributed by atoms with Crippen LogP contribution in [0.4, 0.5) is 0 Å². The zero-order valence-corrected chi connectivity index (χ0v) is 9.15. The van der Waals surface area contributed by atoms with Gasteiger partial charge < -0.3 is 5.11 Å². The van der Waals surface area contributed by atoms with E-state index in [1.807, 2.05) is 0 Å². The summed E-state index contributed by atoms with van der Waals surface area (Å²) in [7, 11) is 0. The number of aromatic carboxylic acids is 1. The zero-order chi connectivity index (χ0) is 11.0. The zero-order valence-electron chi connectivity index (χ0n) is 8.34. The van der Waals surface area contributed by atoms with E-state index in [0.29, 0.717) is 16.7 Å². The molecule has 6 nitrogen and oxygen atoms in total. The highest BCUT2D eigenvalue weighted by Crippen LogP contribution is 2.15. The van der Waals surface area contributed by atoms with E-state index < -0.39 is 5.97 Å². The van der Waals surface area contributed by atoms with E-state index in [4.69, 9.17) is 5.11 Å². The molecule has 7 heteroatoms. The topological polar surface area (TPSA) is 80.4 Å². The number of nitrogens with zero attached hydrogens (tertiary/aromatic N) is 4. The van der Waals surface area contributed by atoms with Gasteiger partial charge in [0.25, 0.3) is 0 Å². The van der Waals surface area contributed by atoms with Crippen LogP contribution in [0.1, 0.15) is 29.5 Å². The summed E-state index contributed by atoms with van der Waals surface area (Å²) in [5.74, 6) is 0.122. The maximum atomic E-state index is 10.7. The van der Waals surface area contributed by atoms with Crippen LogP contribution >= 0.6 is 11.3 Å². The molecule has 0 aliphatic rings. The third-order valence-corrected chi connectivity index (χ3v) is 2.72. The molecule has 0 atom stereocenters. The first-order valence-corrected chi connectivity index (χ1v) is 5.34. The number of carboxylic acid groups (broad SMARTS) is 1. The van der Waals surface area contributed by atoms with E-state index in [-0.39, 0.29) is 5.01 Å². The van der Waals surface area contributed by atoms with Gasteiger partial charge in [0.15, 0.2) is 5.82 Å². The second kappa shape index (κ2) is 3.58. The van der Waals surface area contributed by atoms with Gasteiger partial charge in [0.2, 0.25) is 9.97 Å². The Morgan fingerprint density at radius 2 is 2.27 bits per heavy atom. The van der Waals surface area contributed by atoms with Gasteiger partial charge in [0.1, 0.15) is 0 Å². The third-order valence-electron chi connectivity index (χ3n) is 1.83. The van der Waals surface area contributed by atoms with E-state index in [1.165, 1.54) is 4.52 Å². The number of carbonyl (C=O) groups is 1. The smallest absolute Gasteiger partial charge is 0.367 e. The summed E-state index contributed by atoms with van der Waals surface area (Å²) >= 11 is 1.03. The van der Waals surface area contributed by atoms with Gasteiger partial charge in [0.05, 0.1) is 0 Å². The highest BCUT2D eigenvalue weighted by Gasteiger charge is 2.16. The minimum absolute atomic E-state index is 0.0462. The molecule has 0 saturated carbocycles. The molecule has 80 valence electrons. The van der Waals surface area contributed by atoms with Crippen LogP contribution in [0.25, 0.3) is 4.96 Å². The van der Waals surface area contributed by atoms with Gasteiger partial charge in [-0.15, -0.1) is 15.3 Å². The lowest BCUT2D eigenvalue weighted by atomic mass is 10.1. The normalized spacial score (nSPS) is 11.4. The Hall–Kier alpha value is -1.50. The van der Waals surface area contributed by atoms with Crippen molar-refractivity contribution < 1.29 is 9.90 Å². The molecular formula is C8H10N4O2S. The average Bonchev–Trinajstić information content (AvgIpc) is 2.66. The number of rotatable bonds is 3. The molecule has 2 aromatic rings. The highest BCUT2D eigenvalue weighted by atomic mass is 32.1. The van der Waals surface area contributed by atoms with Gasteiger partial charge >= 0.3 is 5.97 Å². The van der Waals surface area contributed by atoms with Crippen LogP contribution in [0.5, 0.6) is 0 Å². The van der Waals surface area contributed by atoms with Crippen LogP contribution in [0.3, 0.4) is 0 Å². The SMILES string of the molecule is CC(C)Cc1nnc2sc(C(=O)O)nn12. The lowest BCUT2D eigenvalue weighted by Crippen LogP contribution is -2.03. The van der Waals surface area contributed by atoms with Crippen molar-refractivity contribution in [3.05, 3.63) is 10.8 Å². The van der Waals surface area contributed by atoms with Crippen molar-refractivity contribution in [3.8, 4) is 0 Å². The van der Waals surface area contributed by atoms with Gasteiger partial charge in [-0.3, -0.25) is 0 Å². The lowest BCUT2D eigenvalue weighted by Gasteiger charge is -1.98. The number of carboxylic acids is 1. The molecule has 15 heavy (non-hydrogen) atoms. The van der Waals surface area contributed by atoms with Crippen LogP contribution in [-0.4, -0.2) is 30.9 Å². The average molecular weight is 226 g/mol. The second-order valence-corrected chi connectivity index (χ2v) is 4.58. The maximum absolute atomic E-state index is 10.7. The molecule has 2 rings (SSSR count). The Kier molecular flexibility index (Phi) is 2.39. The number of fused-ring (bicyclic) bond motifs is 1. The Morgan fingerprint density at radius 1 is 1.53 bits per heavy atom. The predicted molar refractivity (Wildman–Crippen MR) is 54.2 cm³/mol. The first-order valence-electron chi connectivity index (χ1n) is 4.52. The molecule has 0 bridgehead atoms. The van der Waals surface area contributed by atoms with Gasteiger partial charge in [0, 0.05) is 6.42 Å². The first kappa shape index (κ1) is 10.0. The number of hydrogen-bond acceptors (Lipinski definition) is 5. The standard InChI is InChI=1S/C8H10N4O2S/c1-4(2)3-5-9-10-8-12(5)11-6(15-8)7(13)14/h4H,3H2,1-2H3,(H,13,14). The fraction of sp³-hybridized carbons (Fsp3) is 0.500. The molecule has 0 unspecified atom stereocenters. The molecule has 2 heterocycles. The van der Waals surface area contributed by atoms with Crippen molar-refractivity contribution in [2.24, 2.45) is 5.92 Å². The summed E-state index contributed by atoms with van der Waals surface area (Å²) < 4.78 is 1.51. The van der Waals surface area contributed by atoms with Crippen LogP contribution < -0.4 is 0 Å². The summed E-state index contributed by atoms with van der Waals surface area (Å²) in [6.45, 7) is 4.12. The van der Waals surface area contributed by atoms with Gasteiger partial charge in [-0.05, 0) is 5.92 Å². The summed E-state index contributed by atoms with van der Waals surface area (Å²) in [4.78, 5) is 11.2. The molecule has 0 radical (unpaired) electrons. The Morgan fingerprint density at radius 3 is 2.87 bits per heavy atom. The van der Waals surface area contributed by atoms with E-state index in [2.05, 4.69) is 29.1 Å². The van der Waals surface area contributed by atoms with Crippen molar-refractivity contribution in [1.82, 2.24) is 19.8 Å². The van der Waals surface area contributed by atoms with Crippen molar-refractivity contribution in [2.45, 2.75) is 20.3 Å². The molecule has 0 aliphatic carbocycles. The third kappa shape index (κ3) is 1.82. The molecule has 0 fully saturated rings. The maximum Gasteiger partial charge on any atom is 0.367 e. The quantitative estimate of drug-likeness (QED) is 0.847. The monoisotopic (exact) mass is 226 g/mol. The van der Waals surface area contributed by atoms with E-state index >= 15 is 0 Å². The molecule has 0 amide bonds. The first-order chi connectivity index (χ1) is 7.08. The van der Waals surface area contributed by atoms with Crippen LogP contribution in [0.15, 0.2) is 0 Å². The molecule has 0 spiro atoms. The largest absolute Gasteiger partial charge is 0.476 e. The fourth-order valence-corrected chi connectivity index (χ4v) is 1.93. The van der Waals surface area contributed by atoms with Crippen LogP contribution in [0, 0.1) is 5.92 Å². The Bertz CT molecular complexity index is 502. The predicted octanol–water partition coefficient (Wildman–Crippen LogP) is 1.08. The second-order valence-electron chi connectivity index (χ2n) is 3.62. The lowest BCUT2D eigenvalue weighted by molar-refractivity contribution is 0.0695. The molecule has 1 N–H and O–H groups in total. The summed E-state index contributed by atoms with van der Waals surface area (Å²) in [5, 5.41) is 20.6. The molecule has 2 aromatic heterocycles. The molecular weight excluding hydrogens is 216 g/mol. The van der Waals surface area contributed by atoms with Crippen molar-refractivity contribution >= 4 is 22.3 Å². The van der Waals surface area contributed by atoms with Crippen LogP contribution in [0.2, 0.25) is 0 Å². The molecule has 0 aliphatic heterocycles.